The molecule has 1 aliphatic carbocycles. The average molecular weight is 404 g/mol. The van der Waals surface area contributed by atoms with Crippen molar-refractivity contribution in [1.82, 2.24) is 15.2 Å². The summed E-state index contributed by atoms with van der Waals surface area (Å²) < 4.78 is 1.73. The third-order valence-electron chi connectivity index (χ3n) is 5.48. The molecule has 0 saturated heterocycles. The third-order valence-corrected chi connectivity index (χ3v) is 5.74. The van der Waals surface area contributed by atoms with Gasteiger partial charge in [-0.25, -0.2) is 4.99 Å². The van der Waals surface area contributed by atoms with E-state index in [4.69, 9.17) is 11.6 Å². The van der Waals surface area contributed by atoms with Crippen molar-refractivity contribution >= 4 is 23.7 Å². The lowest BCUT2D eigenvalue weighted by Crippen LogP contribution is -2.32. The molecule has 0 unspecified atom stereocenters. The average Bonchev–Trinajstić information content (AvgIpc) is 3.25. The van der Waals surface area contributed by atoms with E-state index in [1.807, 2.05) is 0 Å². The number of nitrogens with one attached hydrogen (secondary N) is 1. The van der Waals surface area contributed by atoms with Gasteiger partial charge in [0, 0.05) is 30.6 Å². The van der Waals surface area contributed by atoms with Gasteiger partial charge in [0.15, 0.2) is 5.84 Å². The first-order chi connectivity index (χ1) is 13.5. The van der Waals surface area contributed by atoms with Crippen LogP contribution in [0.2, 0.25) is 5.02 Å². The zero-order chi connectivity index (χ0) is 19.8. The predicted molar refractivity (Wildman–Crippen MR) is 106 cm³/mol. The summed E-state index contributed by atoms with van der Waals surface area (Å²) in [6.07, 6.45) is 1.33. The number of fused-ring (bicyclic) bond motifs is 1. The maximum Gasteiger partial charge on any atom is 0.182 e. The molecule has 1 fully saturated rings. The van der Waals surface area contributed by atoms with Crippen molar-refractivity contribution in [1.29, 1.82) is 0 Å². The number of hydrogen-bond acceptors (Lipinski definition) is 6. The summed E-state index contributed by atoms with van der Waals surface area (Å²) in [5, 5.41) is 41.2. The number of benzene rings is 1. The number of aromatic nitrogens is 2. The molecule has 28 heavy (non-hydrogen) atoms. The molecule has 1 aliphatic heterocycles. The van der Waals surface area contributed by atoms with Gasteiger partial charge < -0.3 is 20.7 Å². The van der Waals surface area contributed by atoms with E-state index < -0.39 is 30.3 Å². The number of halogens is 1. The normalized spacial score (nSPS) is 29.1. The van der Waals surface area contributed by atoms with E-state index in [0.29, 0.717) is 29.3 Å². The van der Waals surface area contributed by atoms with Crippen molar-refractivity contribution in [2.45, 2.75) is 37.2 Å². The van der Waals surface area contributed by atoms with Gasteiger partial charge in [0.25, 0.3) is 0 Å². The van der Waals surface area contributed by atoms with E-state index in [0.717, 1.165) is 11.3 Å². The fourth-order valence-electron chi connectivity index (χ4n) is 4.05. The highest BCUT2D eigenvalue weighted by Gasteiger charge is 2.47. The van der Waals surface area contributed by atoms with Crippen LogP contribution in [-0.2, 0) is 6.42 Å². The van der Waals surface area contributed by atoms with Crippen LogP contribution in [0.25, 0.3) is 0 Å². The van der Waals surface area contributed by atoms with E-state index >= 15 is 0 Å². The Hall–Kier alpha value is -2.26. The Labute approximate surface area is 167 Å². The number of amidine groups is 1. The van der Waals surface area contributed by atoms with Crippen molar-refractivity contribution in [3.8, 4) is 0 Å². The summed E-state index contributed by atoms with van der Waals surface area (Å²) in [4.78, 5) is 4.27. The Kier molecular flexibility index (Phi) is 5.20. The molecular formula is C19H22ClN5O3. The van der Waals surface area contributed by atoms with Gasteiger partial charge in [-0.1, -0.05) is 23.7 Å². The molecule has 9 heteroatoms. The van der Waals surface area contributed by atoms with E-state index in [2.05, 4.69) is 20.6 Å². The maximum absolute atomic E-state index is 10.8. The number of aliphatic hydroxyl groups is 3. The number of nitrogens with zero attached hydrogens (tertiary/aromatic N) is 4. The molecule has 0 amide bonds. The zero-order valence-corrected chi connectivity index (χ0v) is 16.0. The minimum absolute atomic E-state index is 0.385. The summed E-state index contributed by atoms with van der Waals surface area (Å²) >= 11 is 5.91. The predicted octanol–water partition coefficient (Wildman–Crippen LogP) is 1.06. The van der Waals surface area contributed by atoms with Gasteiger partial charge in [0.1, 0.15) is 6.10 Å². The Morgan fingerprint density at radius 1 is 1.25 bits per heavy atom. The lowest BCUT2D eigenvalue weighted by atomic mass is 9.92. The number of aliphatic imine (C=N–C) groups is 1. The van der Waals surface area contributed by atoms with Crippen molar-refractivity contribution in [2.24, 2.45) is 16.0 Å². The van der Waals surface area contributed by atoms with Crippen LogP contribution in [0.3, 0.4) is 0 Å². The first kappa shape index (κ1) is 19.1. The summed E-state index contributed by atoms with van der Waals surface area (Å²) in [5.74, 6) is 0.00418. The molecule has 1 aromatic heterocycles. The van der Waals surface area contributed by atoms with Gasteiger partial charge in [-0.05, 0) is 24.1 Å². The van der Waals surface area contributed by atoms with Gasteiger partial charge in [0.05, 0.1) is 35.7 Å². The minimum Gasteiger partial charge on any atom is -0.390 e. The highest BCUT2D eigenvalue weighted by atomic mass is 35.5. The lowest BCUT2D eigenvalue weighted by Gasteiger charge is -2.22. The molecule has 4 N–H and O–H groups in total. The molecule has 0 bridgehead atoms. The van der Waals surface area contributed by atoms with Crippen molar-refractivity contribution in [2.75, 3.05) is 7.05 Å². The lowest BCUT2D eigenvalue weighted by molar-refractivity contribution is -0.0274. The smallest absolute Gasteiger partial charge is 0.182 e. The van der Waals surface area contributed by atoms with Gasteiger partial charge in [-0.2, -0.15) is 10.2 Å². The second-order valence-electron chi connectivity index (χ2n) is 7.07. The molecule has 4 rings (SSSR count). The monoisotopic (exact) mass is 403 g/mol. The molecule has 5 atom stereocenters. The van der Waals surface area contributed by atoms with Crippen molar-refractivity contribution in [3.05, 3.63) is 52.3 Å². The van der Waals surface area contributed by atoms with E-state index in [1.54, 1.807) is 48.4 Å². The SMILES string of the molecule is CN/N=C1/N=CCc2c1cnn2[C@@H]1C[C@H]([C@H](O)c2ccc(Cl)cc2)[C@@H](O)[C@H]1O. The fourth-order valence-corrected chi connectivity index (χ4v) is 4.18. The largest absolute Gasteiger partial charge is 0.390 e. The second kappa shape index (κ2) is 7.63. The van der Waals surface area contributed by atoms with Gasteiger partial charge >= 0.3 is 0 Å². The molecule has 8 nitrogen and oxygen atoms in total. The standard InChI is InChI=1S/C19H22ClN5O3/c1-21-24-19-13-9-23-25(14(13)6-7-22-19)15-8-12(17(27)18(15)28)16(26)10-2-4-11(20)5-3-10/h2-5,7,9,12,15-18,21,26-28H,6,8H2,1H3/b24-19+/t12-,15-,16-,17-,18+/m1/s1. The number of hydrogen-bond donors (Lipinski definition) is 4. The van der Waals surface area contributed by atoms with Crippen molar-refractivity contribution < 1.29 is 15.3 Å². The number of hydrazone groups is 1. The first-order valence-electron chi connectivity index (χ1n) is 9.14. The quantitative estimate of drug-likeness (QED) is 0.570. The van der Waals surface area contributed by atoms with E-state index in [1.165, 1.54) is 0 Å². The van der Waals surface area contributed by atoms with Crippen LogP contribution in [0.5, 0.6) is 0 Å². The molecular weight excluding hydrogens is 382 g/mol. The minimum atomic E-state index is -1.07. The molecule has 0 spiro atoms. The van der Waals surface area contributed by atoms with Crippen LogP contribution >= 0.6 is 11.6 Å². The summed E-state index contributed by atoms with van der Waals surface area (Å²) in [6, 6.07) is 6.40. The van der Waals surface area contributed by atoms with Crippen LogP contribution in [0.1, 0.15) is 35.4 Å². The molecule has 1 saturated carbocycles. The van der Waals surface area contributed by atoms with Gasteiger partial charge in [-0.3, -0.25) is 4.68 Å². The van der Waals surface area contributed by atoms with Gasteiger partial charge in [0.2, 0.25) is 0 Å². The molecule has 148 valence electrons. The summed E-state index contributed by atoms with van der Waals surface area (Å²) in [5.41, 5.74) is 5.04. The number of aliphatic hydroxyl groups excluding tert-OH is 3. The van der Waals surface area contributed by atoms with Crippen LogP contribution in [0.4, 0.5) is 0 Å². The van der Waals surface area contributed by atoms with Crippen molar-refractivity contribution in [3.63, 3.8) is 0 Å². The Morgan fingerprint density at radius 3 is 2.71 bits per heavy atom. The Balaban J connectivity index is 1.61. The molecule has 1 aromatic carbocycles. The van der Waals surface area contributed by atoms with Gasteiger partial charge in [-0.15, -0.1) is 0 Å². The highest BCUT2D eigenvalue weighted by Crippen LogP contribution is 2.42. The third kappa shape index (κ3) is 3.22. The molecule has 2 aromatic rings. The summed E-state index contributed by atoms with van der Waals surface area (Å²) in [7, 11) is 1.70. The molecule has 0 radical (unpaired) electrons. The zero-order valence-electron chi connectivity index (χ0n) is 15.3. The van der Waals surface area contributed by atoms with Crippen LogP contribution in [0.15, 0.2) is 40.6 Å². The molecule has 2 aliphatic rings. The highest BCUT2D eigenvalue weighted by molar-refractivity contribution is 6.30. The maximum atomic E-state index is 10.8. The summed E-state index contributed by atoms with van der Waals surface area (Å²) in [6.45, 7) is 0. The van der Waals surface area contributed by atoms with E-state index in [9.17, 15) is 15.3 Å². The topological polar surface area (TPSA) is 115 Å². The van der Waals surface area contributed by atoms with Crippen LogP contribution in [-0.4, -0.2) is 56.4 Å². The Morgan fingerprint density at radius 2 is 2.00 bits per heavy atom. The first-order valence-corrected chi connectivity index (χ1v) is 9.52. The van der Waals surface area contributed by atoms with E-state index in [-0.39, 0.29) is 0 Å². The fraction of sp³-hybridized carbons (Fsp3) is 0.421. The second-order valence-corrected chi connectivity index (χ2v) is 7.51. The van der Waals surface area contributed by atoms with Crippen LogP contribution in [0, 0.1) is 5.92 Å². The Bertz CT molecular complexity index is 911. The molecule has 2 heterocycles. The number of rotatable bonds is 4. The van der Waals surface area contributed by atoms with Crippen LogP contribution < -0.4 is 5.43 Å².